The van der Waals surface area contributed by atoms with Crippen molar-refractivity contribution in [1.29, 1.82) is 0 Å². The molecule has 0 heterocycles. The first kappa shape index (κ1) is 36.2. The van der Waals surface area contributed by atoms with Crippen molar-refractivity contribution in [1.82, 2.24) is 0 Å². The summed E-state index contributed by atoms with van der Waals surface area (Å²) < 4.78 is 29.3. The highest BCUT2D eigenvalue weighted by Crippen LogP contribution is 2.67. The number of hydrogen-bond donors (Lipinski definition) is 1. The van der Waals surface area contributed by atoms with Crippen LogP contribution in [0.15, 0.2) is 11.6 Å². The Balaban J connectivity index is 0.00000484. The van der Waals surface area contributed by atoms with Gasteiger partial charge in [-0.1, -0.05) is 65.5 Å². The Labute approximate surface area is 257 Å². The van der Waals surface area contributed by atoms with E-state index in [1.165, 1.54) is 57.8 Å². The summed E-state index contributed by atoms with van der Waals surface area (Å²) in [6, 6.07) is 0. The number of nitrogens with zero attached hydrogens (tertiary/aromatic N) is 1. The normalized spacial score (nSPS) is 36.7. The highest BCUT2D eigenvalue weighted by atomic mass is 31.2. The van der Waals surface area contributed by atoms with Crippen molar-refractivity contribution >= 4 is 7.82 Å². The lowest BCUT2D eigenvalue weighted by Gasteiger charge is -2.58. The average molecular weight is 614 g/mol. The fourth-order valence-corrected chi connectivity index (χ4v) is 10.3. The van der Waals surface area contributed by atoms with Crippen LogP contribution in [0.4, 0.5) is 0 Å². The van der Waals surface area contributed by atoms with Gasteiger partial charge < -0.3 is 19.6 Å². The summed E-state index contributed by atoms with van der Waals surface area (Å²) >= 11 is 0. The number of likely N-dealkylation sites (N-methyl/N-ethyl adjacent to an activating group) is 1. The monoisotopic (exact) mass is 613 g/mol. The summed E-state index contributed by atoms with van der Waals surface area (Å²) in [7, 11) is 2.02. The molecule has 7 nitrogen and oxygen atoms in total. The molecule has 0 spiro atoms. The van der Waals surface area contributed by atoms with E-state index in [0.29, 0.717) is 28.5 Å². The second kappa shape index (κ2) is 14.4. The van der Waals surface area contributed by atoms with E-state index >= 15 is 0 Å². The van der Waals surface area contributed by atoms with Crippen molar-refractivity contribution in [2.24, 2.45) is 46.3 Å². The van der Waals surface area contributed by atoms with Gasteiger partial charge in [0.2, 0.25) is 0 Å². The molecule has 0 aromatic carbocycles. The SMILES string of the molecule is CC(C)CCC[C@@H](C)[C@H]1CC[C@H]2[C@@H]3CC=C4CC(OCCOP(=O)(O)OCC[N+](C)(C)C)CC[C@]4(C)[C@H]3CC[C@]12C.[OH-]. The second-order valence-electron chi connectivity index (χ2n) is 16.2. The highest BCUT2D eigenvalue weighted by molar-refractivity contribution is 7.47. The van der Waals surface area contributed by atoms with E-state index in [-0.39, 0.29) is 24.8 Å². The molecule has 2 N–H and O–H groups in total. The number of ether oxygens (including phenoxy) is 1. The summed E-state index contributed by atoms with van der Waals surface area (Å²) in [5.74, 6) is 5.13. The number of hydrogen-bond acceptors (Lipinski definition) is 5. The first-order valence-corrected chi connectivity index (χ1v) is 18.4. The number of phosphoric acid groups is 1. The molecular weight excluding hydrogens is 549 g/mol. The molecule has 4 aliphatic carbocycles. The molecule has 0 aromatic rings. The van der Waals surface area contributed by atoms with Gasteiger partial charge in [0, 0.05) is 0 Å². The van der Waals surface area contributed by atoms with Gasteiger partial charge in [-0.2, -0.15) is 0 Å². The first-order valence-electron chi connectivity index (χ1n) is 16.9. The van der Waals surface area contributed by atoms with Gasteiger partial charge in [-0.15, -0.1) is 0 Å². The standard InChI is InChI=1S/C34H62NO5P.H2O/c1-25(2)10-9-11-26(3)30-14-15-31-29-13-12-27-24-28(16-18-33(27,4)32(29)17-19-34(30,31)5)38-22-23-40-41(36,37)39-21-20-35(6,7)8;/h12,25-26,28-32H,9-11,13-24H2,1-8H3;1H2/t26-,28?,29+,30-,31+,32+,33+,34-;/m1./s1. The smallest absolute Gasteiger partial charge is 0.472 e. The minimum atomic E-state index is -4.04. The molecule has 3 saturated carbocycles. The van der Waals surface area contributed by atoms with Crippen LogP contribution < -0.4 is 0 Å². The fraction of sp³-hybridized carbons (Fsp3) is 0.941. The van der Waals surface area contributed by atoms with Gasteiger partial charge in [-0.05, 0) is 97.7 Å². The number of allylic oxidation sites excluding steroid dienone is 1. The van der Waals surface area contributed by atoms with Crippen molar-refractivity contribution in [2.75, 3.05) is 47.5 Å². The third kappa shape index (κ3) is 8.50. The molecule has 9 atom stereocenters. The molecule has 0 aliphatic heterocycles. The maximum Gasteiger partial charge on any atom is 0.472 e. The van der Waals surface area contributed by atoms with Crippen molar-refractivity contribution < 1.29 is 33.2 Å². The topological polar surface area (TPSA) is 95.0 Å². The number of phosphoric ester groups is 1. The molecule has 4 rings (SSSR count). The minimum Gasteiger partial charge on any atom is -0.870 e. The Morgan fingerprint density at radius 2 is 1.69 bits per heavy atom. The third-order valence-electron chi connectivity index (χ3n) is 12.0. The van der Waals surface area contributed by atoms with Crippen molar-refractivity contribution in [3.8, 4) is 0 Å². The molecular formula is C34H64NO6P. The minimum absolute atomic E-state index is 0. The number of rotatable bonds is 14. The summed E-state index contributed by atoms with van der Waals surface area (Å²) in [6.07, 6.45) is 17.1. The van der Waals surface area contributed by atoms with Gasteiger partial charge in [0.15, 0.2) is 0 Å². The Bertz CT molecular complexity index is 949. The Morgan fingerprint density at radius 3 is 2.38 bits per heavy atom. The van der Waals surface area contributed by atoms with E-state index in [9.17, 15) is 9.46 Å². The van der Waals surface area contributed by atoms with Crippen LogP contribution in [0.3, 0.4) is 0 Å². The van der Waals surface area contributed by atoms with Crippen LogP contribution in [0, 0.1) is 46.3 Å². The molecule has 0 bridgehead atoms. The Kier molecular flexibility index (Phi) is 12.4. The molecule has 0 saturated heterocycles. The van der Waals surface area contributed by atoms with Gasteiger partial charge in [-0.25, -0.2) is 4.57 Å². The second-order valence-corrected chi connectivity index (χ2v) is 17.6. The van der Waals surface area contributed by atoms with Crippen LogP contribution in [0.1, 0.15) is 105 Å². The van der Waals surface area contributed by atoms with Crippen molar-refractivity contribution in [2.45, 2.75) is 111 Å². The van der Waals surface area contributed by atoms with Crippen LogP contribution in [0.2, 0.25) is 0 Å². The Hall–Kier alpha value is -0.270. The van der Waals surface area contributed by atoms with E-state index in [1.54, 1.807) is 5.57 Å². The molecule has 246 valence electrons. The zero-order chi connectivity index (χ0) is 30.1. The number of quaternary nitrogens is 1. The molecule has 0 amide bonds. The van der Waals surface area contributed by atoms with Crippen LogP contribution in [-0.4, -0.2) is 68.5 Å². The molecule has 2 unspecified atom stereocenters. The van der Waals surface area contributed by atoms with Gasteiger partial charge in [0.1, 0.15) is 13.2 Å². The first-order chi connectivity index (χ1) is 19.1. The summed E-state index contributed by atoms with van der Waals surface area (Å²) in [5, 5.41) is 0. The quantitative estimate of drug-likeness (QED) is 0.0921. The molecule has 0 radical (unpaired) electrons. The largest absolute Gasteiger partial charge is 0.870 e. The Morgan fingerprint density at radius 1 is 0.976 bits per heavy atom. The third-order valence-corrected chi connectivity index (χ3v) is 13.0. The molecule has 8 heteroatoms. The molecule has 42 heavy (non-hydrogen) atoms. The van der Waals surface area contributed by atoms with E-state index in [2.05, 4.69) is 40.7 Å². The van der Waals surface area contributed by atoms with E-state index < -0.39 is 7.82 Å². The summed E-state index contributed by atoms with van der Waals surface area (Å²) in [4.78, 5) is 9.97. The average Bonchev–Trinajstić information content (AvgIpc) is 3.23. The van der Waals surface area contributed by atoms with Crippen LogP contribution >= 0.6 is 7.82 Å². The maximum absolute atomic E-state index is 12.2. The summed E-state index contributed by atoms with van der Waals surface area (Å²) in [5.41, 5.74) is 2.46. The predicted molar refractivity (Wildman–Crippen MR) is 169 cm³/mol. The van der Waals surface area contributed by atoms with Crippen LogP contribution in [0.25, 0.3) is 0 Å². The molecule has 4 aliphatic rings. The van der Waals surface area contributed by atoms with Gasteiger partial charge in [-0.3, -0.25) is 9.05 Å². The fourth-order valence-electron chi connectivity index (χ4n) is 9.63. The van der Waals surface area contributed by atoms with Gasteiger partial charge in [0.25, 0.3) is 0 Å². The van der Waals surface area contributed by atoms with Gasteiger partial charge in [0.05, 0.1) is 40.5 Å². The van der Waals surface area contributed by atoms with Crippen LogP contribution in [0.5, 0.6) is 0 Å². The van der Waals surface area contributed by atoms with E-state index in [1.807, 2.05) is 21.1 Å². The number of fused-ring (bicyclic) bond motifs is 5. The zero-order valence-corrected chi connectivity index (χ0v) is 29.0. The lowest BCUT2D eigenvalue weighted by molar-refractivity contribution is -0.870. The molecule has 3 fully saturated rings. The van der Waals surface area contributed by atoms with E-state index in [0.717, 1.165) is 48.3 Å². The summed E-state index contributed by atoms with van der Waals surface area (Å²) in [6.45, 7) is 13.8. The molecule has 0 aromatic heterocycles. The highest BCUT2D eigenvalue weighted by Gasteiger charge is 2.59. The lowest BCUT2D eigenvalue weighted by Crippen LogP contribution is -2.51. The van der Waals surface area contributed by atoms with Crippen molar-refractivity contribution in [3.05, 3.63) is 11.6 Å². The maximum atomic E-state index is 12.2. The van der Waals surface area contributed by atoms with Crippen molar-refractivity contribution in [3.63, 3.8) is 0 Å². The van der Waals surface area contributed by atoms with Gasteiger partial charge >= 0.3 is 7.82 Å². The van der Waals surface area contributed by atoms with E-state index in [4.69, 9.17) is 13.8 Å². The lowest BCUT2D eigenvalue weighted by atomic mass is 9.47. The predicted octanol–water partition coefficient (Wildman–Crippen LogP) is 8.08. The van der Waals surface area contributed by atoms with Crippen LogP contribution in [-0.2, 0) is 18.3 Å². The zero-order valence-electron chi connectivity index (χ0n) is 28.1.